The highest BCUT2D eigenvalue weighted by atomic mass is 16.3. The van der Waals surface area contributed by atoms with E-state index in [-0.39, 0.29) is 24.1 Å². The molecular formula is C15H22N2O2. The lowest BCUT2D eigenvalue weighted by molar-refractivity contribution is 0.122. The average molecular weight is 262 g/mol. The van der Waals surface area contributed by atoms with Crippen molar-refractivity contribution in [2.75, 3.05) is 11.9 Å². The molecule has 19 heavy (non-hydrogen) atoms. The van der Waals surface area contributed by atoms with Crippen LogP contribution in [-0.4, -0.2) is 23.8 Å². The largest absolute Gasteiger partial charge is 0.396 e. The number of hydrogen-bond acceptors (Lipinski definition) is 2. The Balaban J connectivity index is 1.92. The van der Waals surface area contributed by atoms with Gasteiger partial charge in [-0.1, -0.05) is 31.0 Å². The van der Waals surface area contributed by atoms with Crippen LogP contribution in [0.4, 0.5) is 10.5 Å². The van der Waals surface area contributed by atoms with Gasteiger partial charge in [0.1, 0.15) is 0 Å². The summed E-state index contributed by atoms with van der Waals surface area (Å²) in [4.78, 5) is 12.0. The molecule has 1 aromatic rings. The molecule has 3 N–H and O–H groups in total. The lowest BCUT2D eigenvalue weighted by Crippen LogP contribution is -2.46. The van der Waals surface area contributed by atoms with E-state index in [9.17, 15) is 9.90 Å². The predicted octanol–water partition coefficient (Wildman–Crippen LogP) is 2.67. The van der Waals surface area contributed by atoms with Gasteiger partial charge in [-0.15, -0.1) is 0 Å². The highest BCUT2D eigenvalue weighted by Crippen LogP contribution is 2.37. The van der Waals surface area contributed by atoms with Crippen molar-refractivity contribution in [3.63, 3.8) is 0 Å². The average Bonchev–Trinajstić information content (AvgIpc) is 2.74. The van der Waals surface area contributed by atoms with Crippen LogP contribution in [-0.2, 0) is 0 Å². The molecule has 0 bridgehead atoms. The van der Waals surface area contributed by atoms with E-state index < -0.39 is 0 Å². The third-order valence-electron chi connectivity index (χ3n) is 4.06. The molecule has 0 aromatic heterocycles. The zero-order valence-corrected chi connectivity index (χ0v) is 11.6. The molecule has 0 radical (unpaired) electrons. The molecule has 0 unspecified atom stereocenters. The van der Waals surface area contributed by atoms with Gasteiger partial charge in [-0.05, 0) is 31.9 Å². The summed E-state index contributed by atoms with van der Waals surface area (Å²) in [5, 5.41) is 15.3. The molecule has 2 amide bonds. The van der Waals surface area contributed by atoms with E-state index in [1.807, 2.05) is 38.1 Å². The van der Waals surface area contributed by atoms with Gasteiger partial charge in [-0.3, -0.25) is 0 Å². The third kappa shape index (κ3) is 3.26. The number of aliphatic hydroxyl groups excluding tert-OH is 1. The Kier molecular flexibility index (Phi) is 4.10. The van der Waals surface area contributed by atoms with Gasteiger partial charge in [0.05, 0.1) is 6.61 Å². The van der Waals surface area contributed by atoms with E-state index in [1.54, 1.807) is 0 Å². The fourth-order valence-corrected chi connectivity index (χ4v) is 2.63. The SMILES string of the molecule is Cc1ccc(NC(=O)N[C@@H]2CCC[C@]2(C)CO)cc1. The van der Waals surface area contributed by atoms with Crippen LogP contribution in [0.15, 0.2) is 24.3 Å². The quantitative estimate of drug-likeness (QED) is 0.784. The molecule has 0 aliphatic heterocycles. The van der Waals surface area contributed by atoms with E-state index >= 15 is 0 Å². The van der Waals surface area contributed by atoms with E-state index in [4.69, 9.17) is 0 Å². The van der Waals surface area contributed by atoms with Gasteiger partial charge >= 0.3 is 6.03 Å². The maximum atomic E-state index is 12.0. The van der Waals surface area contributed by atoms with Gasteiger partial charge < -0.3 is 15.7 Å². The fourth-order valence-electron chi connectivity index (χ4n) is 2.63. The zero-order chi connectivity index (χ0) is 13.9. The van der Waals surface area contributed by atoms with Crippen molar-refractivity contribution in [1.82, 2.24) is 5.32 Å². The van der Waals surface area contributed by atoms with E-state index in [0.717, 1.165) is 30.5 Å². The molecule has 0 saturated heterocycles. The van der Waals surface area contributed by atoms with Gasteiger partial charge in [-0.25, -0.2) is 4.79 Å². The number of carbonyl (C=O) groups is 1. The number of anilines is 1. The molecule has 4 heteroatoms. The van der Waals surface area contributed by atoms with Crippen LogP contribution in [0.1, 0.15) is 31.7 Å². The van der Waals surface area contributed by atoms with E-state index in [0.29, 0.717) is 0 Å². The lowest BCUT2D eigenvalue weighted by Gasteiger charge is -2.30. The second-order valence-electron chi connectivity index (χ2n) is 5.72. The van der Waals surface area contributed by atoms with Crippen LogP contribution >= 0.6 is 0 Å². The summed E-state index contributed by atoms with van der Waals surface area (Å²) in [5.41, 5.74) is 1.76. The molecule has 0 spiro atoms. The summed E-state index contributed by atoms with van der Waals surface area (Å²) in [6.07, 6.45) is 2.93. The van der Waals surface area contributed by atoms with Crippen molar-refractivity contribution in [2.24, 2.45) is 5.41 Å². The van der Waals surface area contributed by atoms with E-state index in [2.05, 4.69) is 10.6 Å². The Labute approximate surface area is 114 Å². The van der Waals surface area contributed by atoms with Gasteiger partial charge in [-0.2, -0.15) is 0 Å². The Bertz CT molecular complexity index is 444. The van der Waals surface area contributed by atoms with E-state index in [1.165, 1.54) is 0 Å². The summed E-state index contributed by atoms with van der Waals surface area (Å²) in [7, 11) is 0. The summed E-state index contributed by atoms with van der Waals surface area (Å²) in [6.45, 7) is 4.15. The van der Waals surface area contributed by atoms with Crippen molar-refractivity contribution in [1.29, 1.82) is 0 Å². The number of amides is 2. The number of aliphatic hydroxyl groups is 1. The van der Waals surface area contributed by atoms with Crippen molar-refractivity contribution < 1.29 is 9.90 Å². The van der Waals surface area contributed by atoms with Crippen LogP contribution in [0.2, 0.25) is 0 Å². The van der Waals surface area contributed by atoms with Crippen LogP contribution in [0.3, 0.4) is 0 Å². The number of benzene rings is 1. The molecule has 1 fully saturated rings. The van der Waals surface area contributed by atoms with Gasteiger partial charge in [0.15, 0.2) is 0 Å². The summed E-state index contributed by atoms with van der Waals surface area (Å²) in [5.74, 6) is 0. The minimum absolute atomic E-state index is 0.0444. The summed E-state index contributed by atoms with van der Waals surface area (Å²) < 4.78 is 0. The summed E-state index contributed by atoms with van der Waals surface area (Å²) >= 11 is 0. The second kappa shape index (κ2) is 5.61. The first-order valence-electron chi connectivity index (χ1n) is 6.78. The Morgan fingerprint density at radius 1 is 1.42 bits per heavy atom. The first-order valence-corrected chi connectivity index (χ1v) is 6.78. The number of rotatable bonds is 3. The molecule has 2 atom stereocenters. The highest BCUT2D eigenvalue weighted by molar-refractivity contribution is 5.89. The Morgan fingerprint density at radius 3 is 2.74 bits per heavy atom. The number of urea groups is 1. The fraction of sp³-hybridized carbons (Fsp3) is 0.533. The lowest BCUT2D eigenvalue weighted by atomic mass is 9.86. The molecule has 1 saturated carbocycles. The molecule has 2 rings (SSSR count). The van der Waals surface area contributed by atoms with Crippen LogP contribution in [0, 0.1) is 12.3 Å². The molecule has 4 nitrogen and oxygen atoms in total. The van der Waals surface area contributed by atoms with Gasteiger partial charge in [0.25, 0.3) is 0 Å². The molecule has 104 valence electrons. The number of aryl methyl sites for hydroxylation is 1. The van der Waals surface area contributed by atoms with Gasteiger partial charge in [0.2, 0.25) is 0 Å². The van der Waals surface area contributed by atoms with Gasteiger partial charge in [0, 0.05) is 17.1 Å². The number of nitrogens with one attached hydrogen (secondary N) is 2. The van der Waals surface area contributed by atoms with Crippen LogP contribution in [0.5, 0.6) is 0 Å². The first kappa shape index (κ1) is 13.9. The number of hydrogen-bond donors (Lipinski definition) is 3. The zero-order valence-electron chi connectivity index (χ0n) is 11.6. The molecular weight excluding hydrogens is 240 g/mol. The minimum Gasteiger partial charge on any atom is -0.396 e. The monoisotopic (exact) mass is 262 g/mol. The Morgan fingerprint density at radius 2 is 2.11 bits per heavy atom. The standard InChI is InChI=1S/C15H22N2O2/c1-11-5-7-12(8-6-11)16-14(19)17-13-4-3-9-15(13,2)10-18/h5-8,13,18H,3-4,9-10H2,1-2H3,(H2,16,17,19)/t13-,15-/m1/s1. The molecule has 1 aliphatic rings. The van der Waals surface area contributed by atoms with Crippen molar-refractivity contribution >= 4 is 11.7 Å². The number of carbonyl (C=O) groups excluding carboxylic acids is 1. The van der Waals surface area contributed by atoms with Crippen LogP contribution in [0.25, 0.3) is 0 Å². The molecule has 0 heterocycles. The second-order valence-corrected chi connectivity index (χ2v) is 5.72. The third-order valence-corrected chi connectivity index (χ3v) is 4.06. The smallest absolute Gasteiger partial charge is 0.319 e. The topological polar surface area (TPSA) is 61.4 Å². The van der Waals surface area contributed by atoms with Crippen LogP contribution < -0.4 is 10.6 Å². The maximum Gasteiger partial charge on any atom is 0.319 e. The van der Waals surface area contributed by atoms with Crippen molar-refractivity contribution in [2.45, 2.75) is 39.2 Å². The minimum atomic E-state index is -0.199. The molecule has 1 aromatic carbocycles. The predicted molar refractivity (Wildman–Crippen MR) is 76.2 cm³/mol. The summed E-state index contributed by atoms with van der Waals surface area (Å²) in [6, 6.07) is 7.54. The maximum absolute atomic E-state index is 12.0. The van der Waals surface area contributed by atoms with Crippen molar-refractivity contribution in [3.8, 4) is 0 Å². The molecule has 1 aliphatic carbocycles. The normalized spacial score (nSPS) is 26.2. The first-order chi connectivity index (χ1) is 9.03. The Hall–Kier alpha value is -1.55. The van der Waals surface area contributed by atoms with Crippen molar-refractivity contribution in [3.05, 3.63) is 29.8 Å². The highest BCUT2D eigenvalue weighted by Gasteiger charge is 2.39.